The molecule has 5 aromatic carbocycles. The lowest BCUT2D eigenvalue weighted by Crippen LogP contribution is -2.28. The fraction of sp³-hybridized carbons (Fsp3) is 0.158. The summed E-state index contributed by atoms with van der Waals surface area (Å²) >= 11 is 6.58. The number of hydrogen-bond acceptors (Lipinski definition) is 7. The zero-order valence-corrected chi connectivity index (χ0v) is 33.1. The van der Waals surface area contributed by atoms with Crippen LogP contribution in [0.4, 0.5) is 5.69 Å². The molecular formula is C38H34I2N2O5S2. The van der Waals surface area contributed by atoms with Crippen LogP contribution in [-0.2, 0) is 19.6 Å². The van der Waals surface area contributed by atoms with Crippen molar-refractivity contribution in [3.63, 3.8) is 0 Å². The maximum Gasteiger partial charge on any atom is 0.325 e. The molecule has 0 radical (unpaired) electrons. The van der Waals surface area contributed by atoms with Crippen LogP contribution in [0.3, 0.4) is 0 Å². The van der Waals surface area contributed by atoms with E-state index in [1.54, 1.807) is 23.5 Å². The number of aryl methyl sites for hydroxylation is 1. The summed E-state index contributed by atoms with van der Waals surface area (Å²) in [6.45, 7) is 7.57. The van der Waals surface area contributed by atoms with Crippen LogP contribution in [0, 0.1) is 14.1 Å². The van der Waals surface area contributed by atoms with Crippen LogP contribution in [0.15, 0.2) is 114 Å². The van der Waals surface area contributed by atoms with E-state index in [0.29, 0.717) is 0 Å². The maximum absolute atomic E-state index is 12.1. The molecule has 0 saturated heterocycles. The average Bonchev–Trinajstić information content (AvgIpc) is 3.49. The molecule has 252 valence electrons. The molecule has 6 rings (SSSR count). The Bertz CT molecular complexity index is 2200. The fourth-order valence-corrected chi connectivity index (χ4v) is 7.89. The van der Waals surface area contributed by atoms with Gasteiger partial charge in [0.2, 0.25) is 0 Å². The highest BCUT2D eigenvalue weighted by molar-refractivity contribution is 14.1. The van der Waals surface area contributed by atoms with E-state index < -0.39 is 15.7 Å². The van der Waals surface area contributed by atoms with Crippen LogP contribution in [0.1, 0.15) is 26.3 Å². The molecule has 0 aliphatic carbocycles. The summed E-state index contributed by atoms with van der Waals surface area (Å²) in [5.41, 5.74) is 8.09. The van der Waals surface area contributed by atoms with Crippen molar-refractivity contribution in [2.24, 2.45) is 0 Å². The Morgan fingerprint density at radius 2 is 1.47 bits per heavy atom. The second kappa shape index (κ2) is 15.7. The second-order valence-corrected chi connectivity index (χ2v) is 16.9. The first kappa shape index (κ1) is 36.9. The molecule has 1 heterocycles. The van der Waals surface area contributed by atoms with Crippen molar-refractivity contribution in [3.8, 4) is 32.8 Å². The molecule has 0 atom stereocenters. The number of nitrogens with zero attached hydrogens (tertiary/aromatic N) is 1. The molecule has 0 aliphatic heterocycles. The van der Waals surface area contributed by atoms with Gasteiger partial charge in [0.1, 0.15) is 17.2 Å². The van der Waals surface area contributed by atoms with Crippen molar-refractivity contribution in [1.29, 1.82) is 0 Å². The van der Waals surface area contributed by atoms with Gasteiger partial charge in [-0.15, -0.1) is 11.3 Å². The molecule has 0 fully saturated rings. The number of aromatic nitrogens is 1. The number of hydrogen-bond donors (Lipinski definition) is 2. The van der Waals surface area contributed by atoms with Gasteiger partial charge in [-0.2, -0.15) is 8.42 Å². The number of rotatable bonds is 7. The van der Waals surface area contributed by atoms with E-state index in [4.69, 9.17) is 14.3 Å². The Balaban J connectivity index is 0.000000363. The van der Waals surface area contributed by atoms with E-state index in [1.165, 1.54) is 29.5 Å². The predicted octanol–water partition coefficient (Wildman–Crippen LogP) is 10.5. The third kappa shape index (κ3) is 9.66. The topological polar surface area (TPSA) is 106 Å². The van der Waals surface area contributed by atoms with E-state index in [-0.39, 0.29) is 17.4 Å². The van der Waals surface area contributed by atoms with Gasteiger partial charge in [-0.05, 0) is 126 Å². The zero-order chi connectivity index (χ0) is 35.3. The number of benzene rings is 5. The largest absolute Gasteiger partial charge is 0.459 e. The quantitative estimate of drug-likeness (QED) is 0.0934. The second-order valence-electron chi connectivity index (χ2n) is 12.1. The molecular weight excluding hydrogens is 882 g/mol. The molecule has 6 aromatic rings. The molecule has 0 amide bonds. The summed E-state index contributed by atoms with van der Waals surface area (Å²) < 4.78 is 38.5. The molecule has 0 saturated carbocycles. The molecule has 0 aliphatic rings. The molecule has 2 N–H and O–H groups in total. The van der Waals surface area contributed by atoms with Crippen molar-refractivity contribution in [2.75, 3.05) is 11.9 Å². The SMILES string of the molecule is CC(C)(C)OC(=O)CNc1ccc(-c2cccc(I)c2-c2c(I)ccc3sc(-c4ccccc4)nc23)cc1.Cc1ccc(S(=O)(=O)O)cc1. The van der Waals surface area contributed by atoms with Gasteiger partial charge in [0.25, 0.3) is 10.1 Å². The third-order valence-electron chi connectivity index (χ3n) is 7.17. The number of thiazole rings is 1. The molecule has 1 aromatic heterocycles. The van der Waals surface area contributed by atoms with Crippen LogP contribution in [-0.4, -0.2) is 36.1 Å². The minimum Gasteiger partial charge on any atom is -0.459 e. The fourth-order valence-electron chi connectivity index (χ4n) is 4.96. The summed E-state index contributed by atoms with van der Waals surface area (Å²) in [5, 5.41) is 4.19. The Hall–Kier alpha value is -3.37. The van der Waals surface area contributed by atoms with E-state index in [1.807, 2.05) is 45.9 Å². The van der Waals surface area contributed by atoms with E-state index in [0.717, 1.165) is 44.0 Å². The number of halogens is 2. The molecule has 49 heavy (non-hydrogen) atoms. The van der Waals surface area contributed by atoms with Crippen LogP contribution < -0.4 is 5.32 Å². The monoisotopic (exact) mass is 916 g/mol. The summed E-state index contributed by atoms with van der Waals surface area (Å²) in [6.07, 6.45) is 0. The zero-order valence-electron chi connectivity index (χ0n) is 27.2. The van der Waals surface area contributed by atoms with Crippen LogP contribution >= 0.6 is 56.5 Å². The van der Waals surface area contributed by atoms with Crippen LogP contribution in [0.25, 0.3) is 43.0 Å². The van der Waals surface area contributed by atoms with Crippen LogP contribution in [0.2, 0.25) is 0 Å². The highest BCUT2D eigenvalue weighted by Gasteiger charge is 2.20. The number of fused-ring (bicyclic) bond motifs is 1. The van der Waals surface area contributed by atoms with E-state index in [2.05, 4.69) is 117 Å². The number of carbonyl (C=O) groups excluding carboxylic acids is 1. The standard InChI is InChI=1S/C31H26I2N2O2S.C7H8O3S/c1-31(2,3)37-26(36)18-34-21-14-12-19(13-15-21)22-10-7-11-23(32)27(22)28-24(33)16-17-25-29(28)35-30(38-25)20-8-5-4-6-9-20;1-6-2-4-7(5-3-6)11(8,9)10/h4-17,34H,18H2,1-3H3;2-5H,1H3,(H,8,9,10). The van der Waals surface area contributed by atoms with Crippen LogP contribution in [0.5, 0.6) is 0 Å². The van der Waals surface area contributed by atoms with Crippen molar-refractivity contribution in [3.05, 3.63) is 122 Å². The lowest BCUT2D eigenvalue weighted by Gasteiger charge is -2.19. The highest BCUT2D eigenvalue weighted by atomic mass is 127. The first-order valence-electron chi connectivity index (χ1n) is 15.2. The van der Waals surface area contributed by atoms with E-state index in [9.17, 15) is 13.2 Å². The third-order valence-corrected chi connectivity index (χ3v) is 10.9. The maximum atomic E-state index is 12.1. The van der Waals surface area contributed by atoms with Crippen molar-refractivity contribution >= 4 is 88.5 Å². The number of ether oxygens (including phenoxy) is 1. The molecule has 0 spiro atoms. The van der Waals surface area contributed by atoms with Crippen molar-refractivity contribution in [1.82, 2.24) is 4.98 Å². The highest BCUT2D eigenvalue weighted by Crippen LogP contribution is 2.44. The summed E-state index contributed by atoms with van der Waals surface area (Å²) in [4.78, 5) is 17.2. The summed E-state index contributed by atoms with van der Waals surface area (Å²) in [5.74, 6) is -0.276. The lowest BCUT2D eigenvalue weighted by molar-refractivity contribution is -0.152. The van der Waals surface area contributed by atoms with Gasteiger partial charge in [-0.1, -0.05) is 72.3 Å². The minimum absolute atomic E-state index is 0.0666. The molecule has 7 nitrogen and oxygen atoms in total. The number of nitrogens with one attached hydrogen (secondary N) is 1. The Morgan fingerprint density at radius 1 is 0.816 bits per heavy atom. The first-order valence-corrected chi connectivity index (χ1v) is 19.6. The molecule has 0 bridgehead atoms. The first-order chi connectivity index (χ1) is 23.2. The summed E-state index contributed by atoms with van der Waals surface area (Å²) in [6, 6.07) is 35.3. The van der Waals surface area contributed by atoms with Gasteiger partial charge in [0, 0.05) is 29.5 Å². The van der Waals surface area contributed by atoms with Gasteiger partial charge >= 0.3 is 5.97 Å². The smallest absolute Gasteiger partial charge is 0.325 e. The average molecular weight is 917 g/mol. The Kier molecular flexibility index (Phi) is 11.8. The van der Waals surface area contributed by atoms with Crippen molar-refractivity contribution in [2.45, 2.75) is 38.2 Å². The number of carbonyl (C=O) groups is 1. The number of esters is 1. The number of anilines is 1. The predicted molar refractivity (Wildman–Crippen MR) is 217 cm³/mol. The van der Waals surface area contributed by atoms with Gasteiger partial charge in [0.15, 0.2) is 0 Å². The Labute approximate surface area is 318 Å². The van der Waals surface area contributed by atoms with Gasteiger partial charge in [0.05, 0.1) is 15.1 Å². The Morgan fingerprint density at radius 3 is 2.10 bits per heavy atom. The van der Waals surface area contributed by atoms with Gasteiger partial charge in [-0.3, -0.25) is 9.35 Å². The lowest BCUT2D eigenvalue weighted by atomic mass is 9.94. The van der Waals surface area contributed by atoms with Gasteiger partial charge < -0.3 is 10.1 Å². The summed E-state index contributed by atoms with van der Waals surface area (Å²) in [7, 11) is -4.02. The normalized spacial score (nSPS) is 11.5. The van der Waals surface area contributed by atoms with Gasteiger partial charge in [-0.25, -0.2) is 4.98 Å². The molecule has 11 heteroatoms. The van der Waals surface area contributed by atoms with Crippen molar-refractivity contribution < 1.29 is 22.5 Å². The van der Waals surface area contributed by atoms with E-state index >= 15 is 0 Å². The minimum atomic E-state index is -4.02. The molecule has 0 unspecified atom stereocenters.